The molecule has 4 rings (SSSR count). The highest BCUT2D eigenvalue weighted by atomic mass is 79.9. The summed E-state index contributed by atoms with van der Waals surface area (Å²) in [5, 5.41) is 44.6. The van der Waals surface area contributed by atoms with Crippen LogP contribution in [0.15, 0.2) is 57.1 Å². The summed E-state index contributed by atoms with van der Waals surface area (Å²) in [4.78, 5) is 105. The van der Waals surface area contributed by atoms with Crippen LogP contribution < -0.4 is 38.5 Å². The van der Waals surface area contributed by atoms with Gasteiger partial charge in [0.1, 0.15) is 36.0 Å². The summed E-state index contributed by atoms with van der Waals surface area (Å²) in [7, 11) is 0. The Balaban J connectivity index is 1.36. The molecule has 0 spiro atoms. The number of guanidine groups is 1. The standard InChI is InChI=1S/C43H60BrN11O11/c1-24(26-12-15-28(16-13-26)49-37(59)29-22-27(44)14-17-34(29)57)53-66-23-35(58)52-36(25(2)56)39(61)50-30(8-3-4-18-45)40(62)55-21-7-11-33(55)41(63)54-20-6-10-32(54)38(60)51-31(42(64)65)9-5-19-48-43(46)47/h12-17,22,25,30-33,36,56-57H,3-11,18-21,23,45H2,1-2H3,(H,49,59)(H,50,61)(H,51,60)(H,52,58)(H,64,65)(H4,46,47,48)/b53-24+/t25-,30+,31-,32-,33+,36+/m1/s1. The number of aliphatic imine (C=N–C) groups is 1. The van der Waals surface area contributed by atoms with Gasteiger partial charge in [-0.3, -0.25) is 33.8 Å². The number of aliphatic hydroxyl groups excluding tert-OH is 1. The van der Waals surface area contributed by atoms with Gasteiger partial charge in [0, 0.05) is 29.8 Å². The maximum atomic E-state index is 14.2. The molecule has 66 heavy (non-hydrogen) atoms. The molecule has 0 radical (unpaired) electrons. The number of oxime groups is 1. The van der Waals surface area contributed by atoms with Crippen molar-refractivity contribution in [2.75, 3.05) is 38.1 Å². The van der Waals surface area contributed by atoms with Gasteiger partial charge in [0.05, 0.1) is 17.4 Å². The molecule has 2 aliphatic heterocycles. The third kappa shape index (κ3) is 15.1. The Morgan fingerprint density at radius 3 is 2.21 bits per heavy atom. The lowest BCUT2D eigenvalue weighted by Gasteiger charge is -2.33. The molecule has 360 valence electrons. The van der Waals surface area contributed by atoms with E-state index in [0.29, 0.717) is 60.1 Å². The normalized spacial score (nSPS) is 17.7. The average molecular weight is 987 g/mol. The quantitative estimate of drug-likeness (QED) is 0.0309. The van der Waals surface area contributed by atoms with Crippen LogP contribution in [-0.2, 0) is 33.6 Å². The summed E-state index contributed by atoms with van der Waals surface area (Å²) in [6.45, 7) is 3.16. The predicted octanol–water partition coefficient (Wildman–Crippen LogP) is 0.232. The number of hydrogen-bond donors (Lipinski definition) is 10. The van der Waals surface area contributed by atoms with Crippen molar-refractivity contribution in [1.82, 2.24) is 25.8 Å². The summed E-state index contributed by atoms with van der Waals surface area (Å²) in [5.41, 5.74) is 17.9. The zero-order valence-electron chi connectivity index (χ0n) is 36.9. The molecule has 0 unspecified atom stereocenters. The third-order valence-corrected chi connectivity index (χ3v) is 11.5. The average Bonchev–Trinajstić information content (AvgIpc) is 3.98. The number of nitrogens with zero attached hydrogens (tertiary/aromatic N) is 4. The van der Waals surface area contributed by atoms with Crippen molar-refractivity contribution < 1.29 is 53.7 Å². The predicted molar refractivity (Wildman–Crippen MR) is 246 cm³/mol. The summed E-state index contributed by atoms with van der Waals surface area (Å²) in [6, 6.07) is 5.18. The number of rotatable bonds is 23. The highest BCUT2D eigenvalue weighted by Crippen LogP contribution is 2.27. The van der Waals surface area contributed by atoms with Crippen molar-refractivity contribution in [3.05, 3.63) is 58.1 Å². The number of halogens is 1. The first-order chi connectivity index (χ1) is 31.4. The summed E-state index contributed by atoms with van der Waals surface area (Å²) in [6.07, 6.45) is 1.52. The lowest BCUT2D eigenvalue weighted by Crippen LogP contribution is -2.59. The van der Waals surface area contributed by atoms with Crippen LogP contribution in [0.4, 0.5) is 5.69 Å². The van der Waals surface area contributed by atoms with Crippen LogP contribution in [0.2, 0.25) is 0 Å². The third-order valence-electron chi connectivity index (χ3n) is 11.0. The van der Waals surface area contributed by atoms with E-state index in [9.17, 15) is 48.9 Å². The molecule has 2 aliphatic rings. The van der Waals surface area contributed by atoms with E-state index in [4.69, 9.17) is 22.0 Å². The number of nitrogens with one attached hydrogen (secondary N) is 4. The number of carbonyl (C=O) groups is 7. The fraction of sp³-hybridized carbons (Fsp3) is 0.512. The first kappa shape index (κ1) is 52.3. The first-order valence-electron chi connectivity index (χ1n) is 21.7. The van der Waals surface area contributed by atoms with E-state index >= 15 is 0 Å². The largest absolute Gasteiger partial charge is 0.507 e. The van der Waals surface area contributed by atoms with E-state index in [2.05, 4.69) is 47.3 Å². The molecule has 23 heteroatoms. The number of hydrogen-bond acceptors (Lipinski definition) is 13. The number of phenolic OH excluding ortho intramolecular Hbond substituents is 1. The number of aliphatic carboxylic acids is 1. The Morgan fingerprint density at radius 2 is 1.56 bits per heavy atom. The van der Waals surface area contributed by atoms with Gasteiger partial charge >= 0.3 is 5.97 Å². The van der Waals surface area contributed by atoms with Gasteiger partial charge in [-0.2, -0.15) is 0 Å². The van der Waals surface area contributed by atoms with Gasteiger partial charge < -0.3 is 68.4 Å². The van der Waals surface area contributed by atoms with Crippen molar-refractivity contribution in [2.24, 2.45) is 27.3 Å². The lowest BCUT2D eigenvalue weighted by molar-refractivity contribution is -0.149. The Bertz CT molecular complexity index is 2120. The second kappa shape index (κ2) is 25.4. The zero-order valence-corrected chi connectivity index (χ0v) is 38.5. The van der Waals surface area contributed by atoms with Crippen LogP contribution in [-0.4, -0.2) is 147 Å². The smallest absolute Gasteiger partial charge is 0.326 e. The first-order valence-corrected chi connectivity index (χ1v) is 22.4. The second-order valence-corrected chi connectivity index (χ2v) is 16.9. The Morgan fingerprint density at radius 1 is 0.894 bits per heavy atom. The number of aromatic hydroxyl groups is 1. The van der Waals surface area contributed by atoms with Crippen LogP contribution in [0.3, 0.4) is 0 Å². The maximum Gasteiger partial charge on any atom is 0.326 e. The van der Waals surface area contributed by atoms with Gasteiger partial charge in [-0.25, -0.2) is 4.79 Å². The van der Waals surface area contributed by atoms with Crippen molar-refractivity contribution in [1.29, 1.82) is 0 Å². The van der Waals surface area contributed by atoms with Crippen molar-refractivity contribution in [2.45, 2.75) is 108 Å². The van der Waals surface area contributed by atoms with Gasteiger partial charge in [-0.1, -0.05) is 33.2 Å². The van der Waals surface area contributed by atoms with Gasteiger partial charge in [0.2, 0.25) is 23.6 Å². The molecule has 2 aromatic carbocycles. The number of aliphatic hydroxyl groups is 1. The van der Waals surface area contributed by atoms with Gasteiger partial charge in [-0.05, 0) is 114 Å². The molecule has 0 aromatic heterocycles. The maximum absolute atomic E-state index is 14.2. The number of phenols is 1. The highest BCUT2D eigenvalue weighted by molar-refractivity contribution is 9.10. The number of nitrogens with two attached hydrogens (primary N) is 3. The fourth-order valence-corrected chi connectivity index (χ4v) is 7.93. The van der Waals surface area contributed by atoms with Crippen LogP contribution in [0.1, 0.15) is 87.6 Å². The molecular weight excluding hydrogens is 926 g/mol. The van der Waals surface area contributed by atoms with E-state index < -0.39 is 84.3 Å². The summed E-state index contributed by atoms with van der Waals surface area (Å²) in [5.74, 6) is -5.44. The molecular formula is C43H60BrN11O11. The van der Waals surface area contributed by atoms with E-state index in [-0.39, 0.29) is 62.6 Å². The summed E-state index contributed by atoms with van der Waals surface area (Å²) < 4.78 is 0.619. The molecule has 0 saturated carbocycles. The van der Waals surface area contributed by atoms with Crippen molar-refractivity contribution in [3.8, 4) is 5.75 Å². The molecule has 2 heterocycles. The lowest BCUT2D eigenvalue weighted by atomic mass is 10.0. The number of carbonyl (C=O) groups excluding carboxylic acids is 6. The molecule has 2 aromatic rings. The van der Waals surface area contributed by atoms with Crippen LogP contribution in [0.25, 0.3) is 0 Å². The highest BCUT2D eigenvalue weighted by Gasteiger charge is 2.44. The van der Waals surface area contributed by atoms with Gasteiger partial charge in [0.25, 0.3) is 11.8 Å². The number of anilines is 1. The van der Waals surface area contributed by atoms with E-state index in [1.165, 1.54) is 28.9 Å². The zero-order chi connectivity index (χ0) is 48.5. The summed E-state index contributed by atoms with van der Waals surface area (Å²) >= 11 is 3.27. The molecule has 6 amide bonds. The van der Waals surface area contributed by atoms with Gasteiger partial charge in [-0.15, -0.1) is 0 Å². The van der Waals surface area contributed by atoms with E-state index in [0.717, 1.165) is 0 Å². The number of amides is 6. The van der Waals surface area contributed by atoms with E-state index in [1.54, 1.807) is 37.3 Å². The van der Waals surface area contributed by atoms with Crippen molar-refractivity contribution >= 4 is 74.7 Å². The Labute approximate surface area is 390 Å². The molecule has 0 bridgehead atoms. The van der Waals surface area contributed by atoms with Crippen molar-refractivity contribution in [3.63, 3.8) is 0 Å². The molecule has 13 N–H and O–H groups in total. The van der Waals surface area contributed by atoms with Crippen LogP contribution in [0.5, 0.6) is 5.75 Å². The second-order valence-electron chi connectivity index (χ2n) is 16.0. The Hall–Kier alpha value is -6.33. The number of carboxylic acid groups (broad SMARTS) is 1. The number of unbranched alkanes of at least 4 members (excludes halogenated alkanes) is 1. The molecule has 0 aliphatic carbocycles. The topological polar surface area (TPSA) is 347 Å². The van der Waals surface area contributed by atoms with E-state index in [1.807, 2.05) is 0 Å². The molecule has 2 saturated heterocycles. The number of benzene rings is 2. The SMILES string of the molecule is C/C(=N\OCC(=O)N[C@H](C(=O)N[C@@H](CCCCN)C(=O)N1CCC[C@H]1C(=O)N1CCC[C@@H]1C(=O)N[C@H](CCCN=C(N)N)C(=O)O)[C@@H](C)O)c1ccc(NC(=O)c2cc(Br)ccc2O)cc1. The minimum absolute atomic E-state index is 0.0486. The monoisotopic (exact) mass is 985 g/mol. The molecule has 6 atom stereocenters. The Kier molecular flexibility index (Phi) is 20.1. The number of likely N-dealkylation sites (tertiary alicyclic amines) is 2. The minimum Gasteiger partial charge on any atom is -0.507 e. The van der Waals surface area contributed by atoms with Crippen LogP contribution >= 0.6 is 15.9 Å². The minimum atomic E-state index is -1.52. The molecule has 22 nitrogen and oxygen atoms in total. The van der Waals surface area contributed by atoms with Gasteiger partial charge in [0.15, 0.2) is 12.6 Å². The van der Waals surface area contributed by atoms with Crippen LogP contribution in [0, 0.1) is 0 Å². The molecule has 2 fully saturated rings. The number of carboxylic acids is 1. The fourth-order valence-electron chi connectivity index (χ4n) is 7.57.